The van der Waals surface area contributed by atoms with E-state index in [1.54, 1.807) is 23.6 Å². The average molecular weight is 371 g/mol. The van der Waals surface area contributed by atoms with Gasteiger partial charge in [0.15, 0.2) is 0 Å². The van der Waals surface area contributed by atoms with Crippen molar-refractivity contribution in [3.05, 3.63) is 40.7 Å². The summed E-state index contributed by atoms with van der Waals surface area (Å²) in [6, 6.07) is 5.33. The maximum Gasteiger partial charge on any atom is 0.241 e. The Morgan fingerprint density at radius 2 is 1.85 bits per heavy atom. The van der Waals surface area contributed by atoms with Crippen LogP contribution in [0.3, 0.4) is 0 Å². The first-order valence-electron chi connectivity index (χ1n) is 8.99. The van der Waals surface area contributed by atoms with E-state index in [2.05, 4.69) is 15.7 Å². The molecule has 2 amide bonds. The third-order valence-electron chi connectivity index (χ3n) is 5.07. The lowest BCUT2D eigenvalue weighted by atomic mass is 10.1. The number of benzene rings is 1. The van der Waals surface area contributed by atoms with Crippen LogP contribution in [0.2, 0.25) is 0 Å². The smallest absolute Gasteiger partial charge is 0.241 e. The number of hydrogen-bond donors (Lipinski definition) is 2. The van der Waals surface area contributed by atoms with Gasteiger partial charge in [0, 0.05) is 12.7 Å². The minimum atomic E-state index is -0.464. The van der Waals surface area contributed by atoms with E-state index >= 15 is 0 Å². The highest BCUT2D eigenvalue weighted by Gasteiger charge is 2.22. The average Bonchev–Trinajstić information content (AvgIpc) is 2.84. The van der Waals surface area contributed by atoms with Gasteiger partial charge < -0.3 is 10.6 Å². The van der Waals surface area contributed by atoms with Crippen molar-refractivity contribution in [1.29, 1.82) is 0 Å². The first kappa shape index (κ1) is 20.6. The lowest BCUT2D eigenvalue weighted by Gasteiger charge is -2.23. The Labute approximate surface area is 160 Å². The van der Waals surface area contributed by atoms with Gasteiger partial charge >= 0.3 is 0 Å². The van der Waals surface area contributed by atoms with Crippen LogP contribution in [0.25, 0.3) is 0 Å². The molecule has 0 saturated carbocycles. The van der Waals surface area contributed by atoms with E-state index in [0.717, 1.165) is 33.9 Å². The van der Waals surface area contributed by atoms with Crippen molar-refractivity contribution in [2.45, 2.75) is 40.7 Å². The van der Waals surface area contributed by atoms with Crippen LogP contribution in [0, 0.1) is 27.7 Å². The van der Waals surface area contributed by atoms with E-state index in [1.807, 2.05) is 52.9 Å². The summed E-state index contributed by atoms with van der Waals surface area (Å²) in [6.45, 7) is 9.64. The predicted molar refractivity (Wildman–Crippen MR) is 108 cm³/mol. The van der Waals surface area contributed by atoms with Crippen molar-refractivity contribution in [3.63, 3.8) is 0 Å². The second kappa shape index (κ2) is 8.35. The molecule has 7 heteroatoms. The number of nitrogens with zero attached hydrogens (tertiary/aromatic N) is 3. The number of carbonyl (C=O) groups is 2. The Morgan fingerprint density at radius 3 is 2.44 bits per heavy atom. The van der Waals surface area contributed by atoms with Gasteiger partial charge in [0.25, 0.3) is 0 Å². The molecular weight excluding hydrogens is 342 g/mol. The molecule has 0 saturated heterocycles. The van der Waals surface area contributed by atoms with E-state index in [0.29, 0.717) is 0 Å². The van der Waals surface area contributed by atoms with E-state index < -0.39 is 6.04 Å². The Balaban J connectivity index is 1.97. The van der Waals surface area contributed by atoms with Crippen LogP contribution in [-0.4, -0.2) is 46.1 Å². The van der Waals surface area contributed by atoms with Crippen LogP contribution in [0.15, 0.2) is 18.2 Å². The van der Waals surface area contributed by atoms with E-state index in [1.165, 1.54) is 0 Å². The summed E-state index contributed by atoms with van der Waals surface area (Å²) >= 11 is 0. The lowest BCUT2D eigenvalue weighted by Crippen LogP contribution is -2.43. The van der Waals surface area contributed by atoms with Crippen LogP contribution >= 0.6 is 0 Å². The molecule has 7 nitrogen and oxygen atoms in total. The van der Waals surface area contributed by atoms with Crippen LogP contribution in [0.4, 0.5) is 11.4 Å². The summed E-state index contributed by atoms with van der Waals surface area (Å²) in [6.07, 6.45) is 0. The Kier molecular flexibility index (Phi) is 6.38. The third kappa shape index (κ3) is 4.74. The molecule has 27 heavy (non-hydrogen) atoms. The number of aryl methyl sites for hydroxylation is 3. The molecule has 146 valence electrons. The standard InChI is InChI=1S/C20H29N5O2/c1-12-9-8-10-17(13(12)2)21-18(26)11-24(6)16(5)20(27)22-19-14(3)23-25(7)15(19)4/h8-10,16H,11H2,1-7H3,(H,21,26)(H,22,27)/t16-/m1/s1. The molecule has 0 bridgehead atoms. The van der Waals surface area contributed by atoms with Crippen molar-refractivity contribution < 1.29 is 9.59 Å². The number of nitrogens with one attached hydrogen (secondary N) is 2. The van der Waals surface area contributed by atoms with E-state index in [9.17, 15) is 9.59 Å². The summed E-state index contributed by atoms with van der Waals surface area (Å²) < 4.78 is 1.73. The molecular formula is C20H29N5O2. The maximum absolute atomic E-state index is 12.6. The Hall–Kier alpha value is -2.67. The summed E-state index contributed by atoms with van der Waals surface area (Å²) in [5.41, 5.74) is 5.35. The molecule has 0 radical (unpaired) electrons. The van der Waals surface area contributed by atoms with Crippen molar-refractivity contribution in [2.24, 2.45) is 7.05 Å². The largest absolute Gasteiger partial charge is 0.325 e. The molecule has 1 atom stereocenters. The number of likely N-dealkylation sites (N-methyl/N-ethyl adjacent to an activating group) is 1. The van der Waals surface area contributed by atoms with Crippen molar-refractivity contribution >= 4 is 23.2 Å². The number of carbonyl (C=O) groups excluding carboxylic acids is 2. The van der Waals surface area contributed by atoms with Gasteiger partial charge in [0.2, 0.25) is 11.8 Å². The lowest BCUT2D eigenvalue weighted by molar-refractivity contribution is -0.122. The monoisotopic (exact) mass is 371 g/mol. The highest BCUT2D eigenvalue weighted by molar-refractivity contribution is 5.97. The number of aromatic nitrogens is 2. The summed E-state index contributed by atoms with van der Waals surface area (Å²) in [4.78, 5) is 26.7. The zero-order valence-corrected chi connectivity index (χ0v) is 17.2. The molecule has 1 heterocycles. The first-order chi connectivity index (χ1) is 12.6. The fourth-order valence-corrected chi connectivity index (χ4v) is 2.82. The SMILES string of the molecule is Cc1cccc(NC(=O)CN(C)[C@H](C)C(=O)Nc2c(C)nn(C)c2C)c1C. The first-order valence-corrected chi connectivity index (χ1v) is 8.99. The molecule has 0 unspecified atom stereocenters. The second-order valence-corrected chi connectivity index (χ2v) is 7.05. The normalized spacial score (nSPS) is 12.1. The van der Waals surface area contributed by atoms with Gasteiger partial charge in [-0.25, -0.2) is 0 Å². The molecule has 2 aromatic rings. The van der Waals surface area contributed by atoms with Gasteiger partial charge in [-0.15, -0.1) is 0 Å². The number of amides is 2. The third-order valence-corrected chi connectivity index (χ3v) is 5.07. The highest BCUT2D eigenvalue weighted by Crippen LogP contribution is 2.19. The molecule has 1 aromatic carbocycles. The Bertz CT molecular complexity index is 856. The van der Waals surface area contributed by atoms with Gasteiger partial charge in [-0.3, -0.25) is 19.2 Å². The fraction of sp³-hybridized carbons (Fsp3) is 0.450. The molecule has 2 N–H and O–H groups in total. The predicted octanol–water partition coefficient (Wildman–Crippen LogP) is 2.55. The summed E-state index contributed by atoms with van der Waals surface area (Å²) in [5, 5.41) is 10.1. The highest BCUT2D eigenvalue weighted by atomic mass is 16.2. The molecule has 0 spiro atoms. The van der Waals surface area contributed by atoms with Gasteiger partial charge in [0.05, 0.1) is 29.7 Å². The zero-order valence-electron chi connectivity index (χ0n) is 17.2. The molecule has 0 aliphatic heterocycles. The number of hydrogen-bond acceptors (Lipinski definition) is 4. The van der Waals surface area contributed by atoms with Crippen LogP contribution in [0.1, 0.15) is 29.4 Å². The minimum Gasteiger partial charge on any atom is -0.325 e. The molecule has 2 rings (SSSR count). The topological polar surface area (TPSA) is 79.3 Å². The second-order valence-electron chi connectivity index (χ2n) is 7.05. The quantitative estimate of drug-likeness (QED) is 0.818. The van der Waals surface area contributed by atoms with Crippen molar-refractivity contribution in [1.82, 2.24) is 14.7 Å². The number of anilines is 2. The Morgan fingerprint density at radius 1 is 1.19 bits per heavy atom. The minimum absolute atomic E-state index is 0.118. The molecule has 0 aliphatic carbocycles. The summed E-state index contributed by atoms with van der Waals surface area (Å²) in [5.74, 6) is -0.323. The maximum atomic E-state index is 12.6. The molecule has 1 aromatic heterocycles. The van der Waals surface area contributed by atoms with Gasteiger partial charge in [0.1, 0.15) is 0 Å². The van der Waals surface area contributed by atoms with Gasteiger partial charge in [-0.1, -0.05) is 12.1 Å². The van der Waals surface area contributed by atoms with Crippen LogP contribution in [-0.2, 0) is 16.6 Å². The van der Waals surface area contributed by atoms with Gasteiger partial charge in [-0.2, -0.15) is 5.10 Å². The van der Waals surface area contributed by atoms with Crippen molar-refractivity contribution in [3.8, 4) is 0 Å². The molecule has 0 fully saturated rings. The molecule has 0 aliphatic rings. The van der Waals surface area contributed by atoms with Crippen LogP contribution < -0.4 is 10.6 Å². The van der Waals surface area contributed by atoms with Crippen molar-refractivity contribution in [2.75, 3.05) is 24.2 Å². The fourth-order valence-electron chi connectivity index (χ4n) is 2.82. The zero-order chi connectivity index (χ0) is 20.3. The summed E-state index contributed by atoms with van der Waals surface area (Å²) in [7, 11) is 3.60. The van der Waals surface area contributed by atoms with Crippen LogP contribution in [0.5, 0.6) is 0 Å². The van der Waals surface area contributed by atoms with Gasteiger partial charge in [-0.05, 0) is 58.9 Å². The van der Waals surface area contributed by atoms with E-state index in [-0.39, 0.29) is 18.4 Å². The number of rotatable bonds is 6. The van der Waals surface area contributed by atoms with E-state index in [4.69, 9.17) is 0 Å².